The maximum absolute atomic E-state index is 12.4. The van der Waals surface area contributed by atoms with Crippen molar-refractivity contribution in [3.8, 4) is 0 Å². The van der Waals surface area contributed by atoms with Crippen LogP contribution in [0, 0.1) is 0 Å². The van der Waals surface area contributed by atoms with E-state index in [1.165, 1.54) is 5.56 Å². The molecule has 0 N–H and O–H groups in total. The lowest BCUT2D eigenvalue weighted by molar-refractivity contribution is -0.127. The quantitative estimate of drug-likeness (QED) is 0.745. The van der Waals surface area contributed by atoms with Crippen LogP contribution in [0.2, 0.25) is 0 Å². The van der Waals surface area contributed by atoms with Gasteiger partial charge in [0.1, 0.15) is 5.60 Å². The van der Waals surface area contributed by atoms with Crippen LogP contribution in [0.15, 0.2) is 49.1 Å². The average Bonchev–Trinajstić information content (AvgIpc) is 3.19. The number of hydrogen-bond donors (Lipinski definition) is 0. The van der Waals surface area contributed by atoms with Crippen molar-refractivity contribution >= 4 is 18.1 Å². The van der Waals surface area contributed by atoms with Gasteiger partial charge in [0.15, 0.2) is 0 Å². The van der Waals surface area contributed by atoms with Crippen LogP contribution in [0.4, 0.5) is 4.79 Å². The molecule has 3 rings (SSSR count). The van der Waals surface area contributed by atoms with Gasteiger partial charge in [0, 0.05) is 51.2 Å². The fourth-order valence-corrected chi connectivity index (χ4v) is 3.03. The molecule has 1 aliphatic heterocycles. The van der Waals surface area contributed by atoms with Crippen LogP contribution in [0.5, 0.6) is 0 Å². The summed E-state index contributed by atoms with van der Waals surface area (Å²) in [4.78, 5) is 32.0. The summed E-state index contributed by atoms with van der Waals surface area (Å²) in [6.45, 7) is 8.29. The molecule has 1 saturated heterocycles. The van der Waals surface area contributed by atoms with Gasteiger partial charge in [-0.15, -0.1) is 0 Å². The molecule has 1 aromatic heterocycles. The Morgan fingerprint density at radius 3 is 2.31 bits per heavy atom. The van der Waals surface area contributed by atoms with Crippen molar-refractivity contribution < 1.29 is 14.3 Å². The molecule has 1 aliphatic rings. The molecule has 0 aliphatic carbocycles. The zero-order valence-corrected chi connectivity index (χ0v) is 17.2. The second kappa shape index (κ2) is 8.94. The van der Waals surface area contributed by atoms with Crippen molar-refractivity contribution in [1.29, 1.82) is 0 Å². The van der Waals surface area contributed by atoms with Crippen LogP contribution in [0.25, 0.3) is 6.08 Å². The molecule has 2 amide bonds. The second-order valence-electron chi connectivity index (χ2n) is 8.10. The number of rotatable bonds is 4. The topological polar surface area (TPSA) is 67.7 Å². The third kappa shape index (κ3) is 6.20. The van der Waals surface area contributed by atoms with Crippen molar-refractivity contribution in [2.45, 2.75) is 32.9 Å². The number of ether oxygens (including phenoxy) is 1. The first kappa shape index (κ1) is 20.6. The highest BCUT2D eigenvalue weighted by Gasteiger charge is 2.26. The van der Waals surface area contributed by atoms with Gasteiger partial charge in [-0.2, -0.15) is 0 Å². The average molecular weight is 396 g/mol. The Labute approximate surface area is 171 Å². The lowest BCUT2D eigenvalue weighted by Crippen LogP contribution is -2.51. The van der Waals surface area contributed by atoms with Gasteiger partial charge in [-0.1, -0.05) is 24.3 Å². The first-order chi connectivity index (χ1) is 13.8. The lowest BCUT2D eigenvalue weighted by Gasteiger charge is -2.35. The van der Waals surface area contributed by atoms with E-state index in [4.69, 9.17) is 4.74 Å². The number of hydrogen-bond acceptors (Lipinski definition) is 4. The predicted molar refractivity (Wildman–Crippen MR) is 111 cm³/mol. The van der Waals surface area contributed by atoms with E-state index in [0.29, 0.717) is 26.2 Å². The Morgan fingerprint density at radius 2 is 1.72 bits per heavy atom. The van der Waals surface area contributed by atoms with Crippen LogP contribution < -0.4 is 0 Å². The largest absolute Gasteiger partial charge is 0.444 e. The number of carbonyl (C=O) groups is 2. The Kier molecular flexibility index (Phi) is 6.36. The van der Waals surface area contributed by atoms with Gasteiger partial charge >= 0.3 is 6.09 Å². The number of imidazole rings is 1. The van der Waals surface area contributed by atoms with Gasteiger partial charge < -0.3 is 19.1 Å². The molecule has 154 valence electrons. The van der Waals surface area contributed by atoms with Gasteiger partial charge in [-0.05, 0) is 38.0 Å². The van der Waals surface area contributed by atoms with Crippen molar-refractivity contribution in [3.63, 3.8) is 0 Å². The van der Waals surface area contributed by atoms with E-state index in [9.17, 15) is 9.59 Å². The van der Waals surface area contributed by atoms with Crippen LogP contribution >= 0.6 is 0 Å². The minimum Gasteiger partial charge on any atom is -0.444 e. The highest BCUT2D eigenvalue weighted by atomic mass is 16.6. The van der Waals surface area contributed by atoms with Crippen LogP contribution in [0.3, 0.4) is 0 Å². The smallest absolute Gasteiger partial charge is 0.410 e. The Bertz CT molecular complexity index is 843. The van der Waals surface area contributed by atoms with E-state index in [1.807, 2.05) is 61.9 Å². The van der Waals surface area contributed by atoms with Crippen molar-refractivity contribution in [2.24, 2.45) is 0 Å². The molecule has 0 saturated carbocycles. The van der Waals surface area contributed by atoms with E-state index in [0.717, 1.165) is 12.1 Å². The van der Waals surface area contributed by atoms with E-state index >= 15 is 0 Å². The molecule has 0 spiro atoms. The molecule has 7 heteroatoms. The molecule has 0 bridgehead atoms. The molecule has 1 fully saturated rings. The van der Waals surface area contributed by atoms with Gasteiger partial charge in [0.25, 0.3) is 0 Å². The Balaban J connectivity index is 1.48. The molecule has 0 radical (unpaired) electrons. The van der Waals surface area contributed by atoms with E-state index in [-0.39, 0.29) is 12.0 Å². The fraction of sp³-hybridized carbons (Fsp3) is 0.409. The number of piperazine rings is 1. The maximum atomic E-state index is 12.4. The SMILES string of the molecule is CC(C)(C)OC(=O)N1CCN(C(=O)C=Cc2ccc(Cn3ccnc3)cc2)CC1. The molecular formula is C22H28N4O3. The minimum atomic E-state index is -0.513. The number of benzene rings is 1. The molecule has 2 heterocycles. The number of carbonyl (C=O) groups excluding carboxylic acids is 2. The minimum absolute atomic E-state index is 0.0451. The second-order valence-corrected chi connectivity index (χ2v) is 8.10. The third-order valence-electron chi connectivity index (χ3n) is 4.57. The zero-order chi connectivity index (χ0) is 20.9. The van der Waals surface area contributed by atoms with E-state index in [2.05, 4.69) is 4.98 Å². The normalized spacial score (nSPS) is 15.0. The van der Waals surface area contributed by atoms with Crippen molar-refractivity contribution in [3.05, 3.63) is 60.2 Å². The molecule has 29 heavy (non-hydrogen) atoms. The van der Waals surface area contributed by atoms with Crippen LogP contribution in [-0.4, -0.2) is 63.1 Å². The Morgan fingerprint density at radius 1 is 1.07 bits per heavy atom. The molecule has 2 aromatic rings. The number of amides is 2. The number of nitrogens with zero attached hydrogens (tertiary/aromatic N) is 4. The maximum Gasteiger partial charge on any atom is 0.410 e. The fourth-order valence-electron chi connectivity index (χ4n) is 3.03. The van der Waals surface area contributed by atoms with E-state index in [1.54, 1.807) is 28.4 Å². The Hall–Kier alpha value is -3.09. The zero-order valence-electron chi connectivity index (χ0n) is 17.2. The van der Waals surface area contributed by atoms with Gasteiger partial charge in [0.05, 0.1) is 6.33 Å². The predicted octanol–water partition coefficient (Wildman–Crippen LogP) is 3.02. The molecular weight excluding hydrogens is 368 g/mol. The van der Waals surface area contributed by atoms with Crippen molar-refractivity contribution in [1.82, 2.24) is 19.4 Å². The third-order valence-corrected chi connectivity index (χ3v) is 4.57. The van der Waals surface area contributed by atoms with Crippen LogP contribution in [0.1, 0.15) is 31.9 Å². The van der Waals surface area contributed by atoms with Crippen LogP contribution in [-0.2, 0) is 16.1 Å². The summed E-state index contributed by atoms with van der Waals surface area (Å²) >= 11 is 0. The highest BCUT2D eigenvalue weighted by molar-refractivity contribution is 5.92. The molecule has 0 unspecified atom stereocenters. The summed E-state index contributed by atoms with van der Waals surface area (Å²) in [5.74, 6) is -0.0451. The van der Waals surface area contributed by atoms with Gasteiger partial charge in [-0.25, -0.2) is 9.78 Å². The van der Waals surface area contributed by atoms with E-state index < -0.39 is 5.60 Å². The summed E-state index contributed by atoms with van der Waals surface area (Å²) in [5, 5.41) is 0. The summed E-state index contributed by atoms with van der Waals surface area (Å²) in [5.41, 5.74) is 1.63. The first-order valence-corrected chi connectivity index (χ1v) is 9.80. The molecule has 0 atom stereocenters. The highest BCUT2D eigenvalue weighted by Crippen LogP contribution is 2.13. The summed E-state index contributed by atoms with van der Waals surface area (Å²) in [6.07, 6.45) is 8.56. The van der Waals surface area contributed by atoms with Gasteiger partial charge in [-0.3, -0.25) is 4.79 Å². The van der Waals surface area contributed by atoms with Crippen molar-refractivity contribution in [2.75, 3.05) is 26.2 Å². The first-order valence-electron chi connectivity index (χ1n) is 9.80. The summed E-state index contributed by atoms with van der Waals surface area (Å²) in [6, 6.07) is 8.08. The molecule has 1 aromatic carbocycles. The summed E-state index contributed by atoms with van der Waals surface area (Å²) < 4.78 is 7.39. The standard InChI is InChI=1S/C22H28N4O3/c1-22(2,3)29-21(28)26-14-12-25(13-15-26)20(27)9-8-18-4-6-19(7-5-18)16-24-11-10-23-17-24/h4-11,17H,12-16H2,1-3H3. The monoisotopic (exact) mass is 396 g/mol. The number of aromatic nitrogens is 2. The molecule has 7 nitrogen and oxygen atoms in total. The van der Waals surface area contributed by atoms with Gasteiger partial charge in [0.2, 0.25) is 5.91 Å². The lowest BCUT2D eigenvalue weighted by atomic mass is 10.1. The summed E-state index contributed by atoms with van der Waals surface area (Å²) in [7, 11) is 0.